The van der Waals surface area contributed by atoms with Crippen molar-refractivity contribution in [1.29, 1.82) is 0 Å². The average Bonchev–Trinajstić information content (AvgIpc) is 3.58. The molecule has 1 saturated heterocycles. The summed E-state index contributed by atoms with van der Waals surface area (Å²) in [7, 11) is 0. The van der Waals surface area contributed by atoms with Gasteiger partial charge in [-0.25, -0.2) is 0 Å². The lowest BCUT2D eigenvalue weighted by atomic mass is 10.0. The molecule has 1 aliphatic carbocycles. The number of morpholine rings is 1. The van der Waals surface area contributed by atoms with Gasteiger partial charge in [0.25, 0.3) is 0 Å². The van der Waals surface area contributed by atoms with Gasteiger partial charge in [0.2, 0.25) is 11.8 Å². The molecule has 1 N–H and O–H groups in total. The van der Waals surface area contributed by atoms with Gasteiger partial charge in [0.15, 0.2) is 0 Å². The number of anilines is 3. The van der Waals surface area contributed by atoms with E-state index in [9.17, 15) is 9.59 Å². The van der Waals surface area contributed by atoms with Crippen LogP contribution in [0.25, 0.3) is 0 Å². The molecule has 2 amide bonds. The third-order valence-corrected chi connectivity index (χ3v) is 5.73. The Morgan fingerprint density at radius 3 is 2.34 bits per heavy atom. The quantitative estimate of drug-likeness (QED) is 0.765. The first-order chi connectivity index (χ1) is 14.2. The third-order valence-electron chi connectivity index (χ3n) is 5.73. The summed E-state index contributed by atoms with van der Waals surface area (Å²) in [5, 5.41) is 3.05. The van der Waals surface area contributed by atoms with Crippen LogP contribution in [0.3, 0.4) is 0 Å². The molecule has 0 aromatic heterocycles. The molecule has 0 unspecified atom stereocenters. The van der Waals surface area contributed by atoms with E-state index in [0.717, 1.165) is 30.2 Å². The van der Waals surface area contributed by atoms with Gasteiger partial charge in [0.1, 0.15) is 5.41 Å². The second kappa shape index (κ2) is 8.25. The number of carbonyl (C=O) groups is 2. The highest BCUT2D eigenvalue weighted by atomic mass is 16.5. The van der Waals surface area contributed by atoms with Crippen LogP contribution in [0.5, 0.6) is 0 Å². The summed E-state index contributed by atoms with van der Waals surface area (Å²) in [6, 6.07) is 17.3. The smallest absolute Gasteiger partial charge is 0.242 e. The molecule has 0 spiro atoms. The normalized spacial score (nSPS) is 17.5. The second-order valence-electron chi connectivity index (χ2n) is 7.54. The number of carbonyl (C=O) groups excluding carboxylic acids is 2. The van der Waals surface area contributed by atoms with Crippen LogP contribution in [-0.2, 0) is 14.3 Å². The highest BCUT2D eigenvalue weighted by Crippen LogP contribution is 2.49. The Bertz CT molecular complexity index is 874. The van der Waals surface area contributed by atoms with Gasteiger partial charge in [-0.15, -0.1) is 0 Å². The van der Waals surface area contributed by atoms with Crippen LogP contribution in [0.2, 0.25) is 0 Å². The van der Waals surface area contributed by atoms with Crippen molar-refractivity contribution < 1.29 is 14.3 Å². The van der Waals surface area contributed by atoms with Crippen LogP contribution < -0.4 is 15.1 Å². The topological polar surface area (TPSA) is 61.9 Å². The van der Waals surface area contributed by atoms with Gasteiger partial charge in [-0.2, -0.15) is 0 Å². The largest absolute Gasteiger partial charge is 0.378 e. The van der Waals surface area contributed by atoms with E-state index in [-0.39, 0.29) is 11.8 Å². The van der Waals surface area contributed by atoms with Crippen molar-refractivity contribution in [2.75, 3.05) is 48.0 Å². The first-order valence-corrected chi connectivity index (χ1v) is 10.3. The van der Waals surface area contributed by atoms with Gasteiger partial charge in [-0.1, -0.05) is 30.3 Å². The van der Waals surface area contributed by atoms with Gasteiger partial charge in [0, 0.05) is 25.3 Å². The van der Waals surface area contributed by atoms with E-state index in [2.05, 4.69) is 10.2 Å². The number of para-hydroxylation sites is 3. The number of nitrogens with one attached hydrogen (secondary N) is 1. The van der Waals surface area contributed by atoms with Crippen molar-refractivity contribution in [2.24, 2.45) is 5.41 Å². The van der Waals surface area contributed by atoms with E-state index in [4.69, 9.17) is 4.74 Å². The molecule has 152 valence electrons. The molecular weight excluding hydrogens is 366 g/mol. The molecule has 6 heteroatoms. The molecule has 29 heavy (non-hydrogen) atoms. The Hall–Kier alpha value is -2.86. The molecule has 2 aromatic rings. The lowest BCUT2D eigenvalue weighted by Crippen LogP contribution is -2.43. The van der Waals surface area contributed by atoms with E-state index in [1.54, 1.807) is 4.90 Å². The maximum absolute atomic E-state index is 13.3. The molecule has 1 heterocycles. The highest BCUT2D eigenvalue weighted by molar-refractivity contribution is 6.18. The molecular formula is C23H27N3O3. The Balaban J connectivity index is 1.53. The average molecular weight is 393 g/mol. The summed E-state index contributed by atoms with van der Waals surface area (Å²) >= 11 is 0. The fourth-order valence-electron chi connectivity index (χ4n) is 3.87. The van der Waals surface area contributed by atoms with Crippen molar-refractivity contribution in [3.63, 3.8) is 0 Å². The van der Waals surface area contributed by atoms with Crippen LogP contribution in [-0.4, -0.2) is 44.7 Å². The maximum Gasteiger partial charge on any atom is 0.242 e. The Morgan fingerprint density at radius 2 is 1.69 bits per heavy atom. The number of hydrogen-bond acceptors (Lipinski definition) is 4. The number of nitrogens with zero attached hydrogens (tertiary/aromatic N) is 2. The fraction of sp³-hybridized carbons (Fsp3) is 0.391. The van der Waals surface area contributed by atoms with Crippen molar-refractivity contribution in [2.45, 2.75) is 19.8 Å². The van der Waals surface area contributed by atoms with E-state index in [1.165, 1.54) is 0 Å². The Kier molecular flexibility index (Phi) is 5.53. The van der Waals surface area contributed by atoms with Gasteiger partial charge in [0.05, 0.1) is 24.6 Å². The molecule has 6 nitrogen and oxygen atoms in total. The molecule has 0 radical (unpaired) electrons. The molecule has 2 aliphatic rings. The van der Waals surface area contributed by atoms with Crippen molar-refractivity contribution in [3.8, 4) is 0 Å². The minimum Gasteiger partial charge on any atom is -0.378 e. The fourth-order valence-corrected chi connectivity index (χ4v) is 3.87. The minimum atomic E-state index is -0.968. The Morgan fingerprint density at radius 1 is 1.03 bits per heavy atom. The number of rotatable bonds is 6. The van der Waals surface area contributed by atoms with Crippen molar-refractivity contribution in [3.05, 3.63) is 54.6 Å². The molecule has 2 fully saturated rings. The van der Waals surface area contributed by atoms with Gasteiger partial charge >= 0.3 is 0 Å². The van der Waals surface area contributed by atoms with Crippen molar-refractivity contribution >= 4 is 28.9 Å². The molecule has 0 atom stereocenters. The van der Waals surface area contributed by atoms with Gasteiger partial charge < -0.3 is 19.9 Å². The first-order valence-electron chi connectivity index (χ1n) is 10.3. The molecule has 1 saturated carbocycles. The Labute approximate surface area is 171 Å². The zero-order valence-electron chi connectivity index (χ0n) is 16.8. The summed E-state index contributed by atoms with van der Waals surface area (Å²) < 4.78 is 5.44. The number of hydrogen-bond donors (Lipinski definition) is 1. The highest BCUT2D eigenvalue weighted by Gasteiger charge is 2.58. The van der Waals surface area contributed by atoms with E-state index in [1.807, 2.05) is 61.5 Å². The van der Waals surface area contributed by atoms with Gasteiger partial charge in [-0.3, -0.25) is 9.59 Å². The van der Waals surface area contributed by atoms with Gasteiger partial charge in [-0.05, 0) is 44.0 Å². The second-order valence-corrected chi connectivity index (χ2v) is 7.54. The summed E-state index contributed by atoms with van der Waals surface area (Å²) in [6.45, 7) is 5.39. The maximum atomic E-state index is 13.3. The monoisotopic (exact) mass is 393 g/mol. The molecule has 4 rings (SSSR count). The SMILES string of the molecule is CCN(C(=O)C1(C(=O)Nc2ccccc2N2CCOCC2)CC1)c1ccccc1. The van der Waals surface area contributed by atoms with E-state index in [0.29, 0.717) is 32.6 Å². The predicted octanol–water partition coefficient (Wildman–Crippen LogP) is 3.30. The van der Waals surface area contributed by atoms with Crippen LogP contribution >= 0.6 is 0 Å². The predicted molar refractivity (Wildman–Crippen MR) is 114 cm³/mol. The summed E-state index contributed by atoms with van der Waals surface area (Å²) in [4.78, 5) is 30.5. The van der Waals surface area contributed by atoms with Crippen LogP contribution in [0, 0.1) is 5.41 Å². The molecule has 1 aliphatic heterocycles. The molecule has 2 aromatic carbocycles. The van der Waals surface area contributed by atoms with Crippen LogP contribution in [0.4, 0.5) is 17.1 Å². The van der Waals surface area contributed by atoms with E-state index < -0.39 is 5.41 Å². The van der Waals surface area contributed by atoms with E-state index >= 15 is 0 Å². The standard InChI is InChI=1S/C23H27N3O3/c1-2-26(18-8-4-3-5-9-18)22(28)23(12-13-23)21(27)24-19-10-6-7-11-20(19)25-14-16-29-17-15-25/h3-11H,2,12-17H2,1H3,(H,24,27). The zero-order valence-corrected chi connectivity index (χ0v) is 16.8. The zero-order chi connectivity index (χ0) is 20.3. The first kappa shape index (κ1) is 19.5. The molecule has 0 bridgehead atoms. The van der Waals surface area contributed by atoms with Crippen molar-refractivity contribution in [1.82, 2.24) is 0 Å². The van der Waals surface area contributed by atoms with Crippen LogP contribution in [0.1, 0.15) is 19.8 Å². The summed E-state index contributed by atoms with van der Waals surface area (Å²) in [5.41, 5.74) is 1.58. The number of amides is 2. The third kappa shape index (κ3) is 3.85. The summed E-state index contributed by atoms with van der Waals surface area (Å²) in [6.07, 6.45) is 1.17. The number of ether oxygens (including phenoxy) is 1. The lowest BCUT2D eigenvalue weighted by molar-refractivity contribution is -0.132. The number of benzene rings is 2. The van der Waals surface area contributed by atoms with Crippen LogP contribution in [0.15, 0.2) is 54.6 Å². The lowest BCUT2D eigenvalue weighted by Gasteiger charge is -2.31. The minimum absolute atomic E-state index is 0.118. The summed E-state index contributed by atoms with van der Waals surface area (Å²) in [5.74, 6) is -0.329.